The topological polar surface area (TPSA) is 46.9 Å². The van der Waals surface area contributed by atoms with Gasteiger partial charge >= 0.3 is 0 Å². The summed E-state index contributed by atoms with van der Waals surface area (Å²) in [6.45, 7) is 4.57. The van der Waals surface area contributed by atoms with Gasteiger partial charge in [0.25, 0.3) is 5.91 Å². The third-order valence-electron chi connectivity index (χ3n) is 2.57. The Morgan fingerprint density at radius 2 is 2.29 bits per heavy atom. The van der Waals surface area contributed by atoms with Crippen LogP contribution in [0.4, 0.5) is 0 Å². The molecule has 0 fully saturated rings. The number of hydrogen-bond acceptors (Lipinski definition) is 2. The van der Waals surface area contributed by atoms with Crippen LogP contribution >= 0.6 is 11.6 Å². The van der Waals surface area contributed by atoms with Gasteiger partial charge in [0.1, 0.15) is 0 Å². The largest absolute Gasteiger partial charge is 0.350 e. The average molecular weight is 258 g/mol. The van der Waals surface area contributed by atoms with E-state index in [0.29, 0.717) is 12.1 Å². The maximum absolute atomic E-state index is 11.9. The van der Waals surface area contributed by atoms with Crippen LogP contribution in [0.1, 0.15) is 42.7 Å². The minimum absolute atomic E-state index is 0.00528. The minimum atomic E-state index is -0.0864. The number of nitrogens with zero attached hydrogens (tertiary/aromatic N) is 2. The first-order chi connectivity index (χ1) is 8.08. The molecule has 1 atom stereocenters. The molecule has 5 heteroatoms. The van der Waals surface area contributed by atoms with E-state index in [9.17, 15) is 4.79 Å². The molecular weight excluding hydrogens is 238 g/mol. The van der Waals surface area contributed by atoms with E-state index in [1.54, 1.807) is 10.9 Å². The molecule has 1 N–H and O–H groups in total. The van der Waals surface area contributed by atoms with Gasteiger partial charge in [0.2, 0.25) is 0 Å². The van der Waals surface area contributed by atoms with Gasteiger partial charge in [-0.05, 0) is 12.8 Å². The van der Waals surface area contributed by atoms with Crippen molar-refractivity contribution in [2.24, 2.45) is 7.05 Å². The number of aromatic nitrogens is 2. The van der Waals surface area contributed by atoms with Gasteiger partial charge in [-0.3, -0.25) is 9.48 Å². The lowest BCUT2D eigenvalue weighted by atomic mass is 10.2. The summed E-state index contributed by atoms with van der Waals surface area (Å²) < 4.78 is 1.66. The highest BCUT2D eigenvalue weighted by atomic mass is 35.5. The lowest BCUT2D eigenvalue weighted by molar-refractivity contribution is 0.0952. The molecule has 1 amide bonds. The van der Waals surface area contributed by atoms with Crippen LogP contribution in [0.2, 0.25) is 0 Å². The van der Waals surface area contributed by atoms with Crippen molar-refractivity contribution in [1.82, 2.24) is 15.1 Å². The molecule has 0 radical (unpaired) electrons. The summed E-state index contributed by atoms with van der Waals surface area (Å²) in [5, 5.41) is 7.09. The number of alkyl halides is 1. The van der Waals surface area contributed by atoms with Gasteiger partial charge < -0.3 is 5.32 Å². The molecule has 1 heterocycles. The maximum atomic E-state index is 11.9. The number of amides is 1. The standard InChI is InChI=1S/C12H20ClN3O/c1-4-6-9(13)7-14-12(17)10-8-16(3)15-11(10)5-2/h8-9H,4-7H2,1-3H3,(H,14,17). The summed E-state index contributed by atoms with van der Waals surface area (Å²) in [6.07, 6.45) is 4.44. The van der Waals surface area contributed by atoms with Gasteiger partial charge in [-0.1, -0.05) is 20.3 Å². The number of carbonyl (C=O) groups is 1. The lowest BCUT2D eigenvalue weighted by Crippen LogP contribution is -2.30. The summed E-state index contributed by atoms with van der Waals surface area (Å²) in [5.74, 6) is -0.0864. The van der Waals surface area contributed by atoms with E-state index < -0.39 is 0 Å². The first-order valence-corrected chi connectivity index (χ1v) is 6.46. The number of carbonyl (C=O) groups excluding carboxylic acids is 1. The summed E-state index contributed by atoms with van der Waals surface area (Å²) in [7, 11) is 1.82. The Labute approximate surface area is 107 Å². The quantitative estimate of drug-likeness (QED) is 0.794. The van der Waals surface area contributed by atoms with Gasteiger partial charge in [0.15, 0.2) is 0 Å². The van der Waals surface area contributed by atoms with Crippen LogP contribution in [-0.4, -0.2) is 27.6 Å². The number of hydrogen-bond donors (Lipinski definition) is 1. The average Bonchev–Trinajstić information content (AvgIpc) is 2.68. The van der Waals surface area contributed by atoms with Gasteiger partial charge in [-0.25, -0.2) is 0 Å². The number of rotatable bonds is 6. The zero-order chi connectivity index (χ0) is 12.8. The van der Waals surface area contributed by atoms with Crippen molar-refractivity contribution in [2.75, 3.05) is 6.54 Å². The predicted octanol–water partition coefficient (Wildman–Crippen LogP) is 2.12. The molecule has 1 unspecified atom stereocenters. The van der Waals surface area contributed by atoms with Gasteiger partial charge in [0.05, 0.1) is 16.6 Å². The molecule has 0 aliphatic carbocycles. The van der Waals surface area contributed by atoms with E-state index >= 15 is 0 Å². The molecule has 0 bridgehead atoms. The fourth-order valence-electron chi connectivity index (χ4n) is 1.70. The molecule has 1 aromatic heterocycles. The smallest absolute Gasteiger partial charge is 0.254 e. The first kappa shape index (κ1) is 14.0. The van der Waals surface area contributed by atoms with Crippen LogP contribution in [-0.2, 0) is 13.5 Å². The Morgan fingerprint density at radius 1 is 1.59 bits per heavy atom. The van der Waals surface area contributed by atoms with Gasteiger partial charge in [0, 0.05) is 19.8 Å². The van der Waals surface area contributed by atoms with Crippen LogP contribution in [0.25, 0.3) is 0 Å². The molecular formula is C12H20ClN3O. The van der Waals surface area contributed by atoms with Crippen molar-refractivity contribution in [3.05, 3.63) is 17.5 Å². The molecule has 0 spiro atoms. The van der Waals surface area contributed by atoms with E-state index in [4.69, 9.17) is 11.6 Å². The molecule has 0 saturated carbocycles. The van der Waals surface area contributed by atoms with Gasteiger partial charge in [-0.15, -0.1) is 11.6 Å². The fourth-order valence-corrected chi connectivity index (χ4v) is 1.99. The van der Waals surface area contributed by atoms with E-state index in [0.717, 1.165) is 25.0 Å². The zero-order valence-corrected chi connectivity index (χ0v) is 11.4. The van der Waals surface area contributed by atoms with Crippen molar-refractivity contribution in [1.29, 1.82) is 0 Å². The second kappa shape index (κ2) is 6.64. The van der Waals surface area contributed by atoms with E-state index in [1.807, 2.05) is 14.0 Å². The molecule has 0 aliphatic heterocycles. The van der Waals surface area contributed by atoms with E-state index in [1.165, 1.54) is 0 Å². The summed E-state index contributed by atoms with van der Waals surface area (Å²) in [6, 6.07) is 0. The Morgan fingerprint density at radius 3 is 2.88 bits per heavy atom. The van der Waals surface area contributed by atoms with Crippen LogP contribution < -0.4 is 5.32 Å². The van der Waals surface area contributed by atoms with Crippen LogP contribution in [0.5, 0.6) is 0 Å². The molecule has 0 saturated heterocycles. The summed E-state index contributed by atoms with van der Waals surface area (Å²) in [5.41, 5.74) is 1.47. The van der Waals surface area contributed by atoms with Crippen molar-refractivity contribution in [3.63, 3.8) is 0 Å². The van der Waals surface area contributed by atoms with E-state index in [2.05, 4.69) is 17.3 Å². The highest BCUT2D eigenvalue weighted by molar-refractivity contribution is 6.20. The normalized spacial score (nSPS) is 12.5. The summed E-state index contributed by atoms with van der Waals surface area (Å²) in [4.78, 5) is 11.9. The molecule has 96 valence electrons. The highest BCUT2D eigenvalue weighted by Crippen LogP contribution is 2.08. The van der Waals surface area contributed by atoms with Crippen LogP contribution in [0.3, 0.4) is 0 Å². The van der Waals surface area contributed by atoms with Crippen molar-refractivity contribution >= 4 is 17.5 Å². The maximum Gasteiger partial charge on any atom is 0.254 e. The van der Waals surface area contributed by atoms with Crippen LogP contribution in [0.15, 0.2) is 6.20 Å². The molecule has 1 aromatic rings. The highest BCUT2D eigenvalue weighted by Gasteiger charge is 2.14. The zero-order valence-electron chi connectivity index (χ0n) is 10.7. The van der Waals surface area contributed by atoms with Crippen LogP contribution in [0, 0.1) is 0 Å². The lowest BCUT2D eigenvalue weighted by Gasteiger charge is -2.09. The Hall–Kier alpha value is -1.03. The second-order valence-electron chi connectivity index (χ2n) is 4.11. The van der Waals surface area contributed by atoms with E-state index in [-0.39, 0.29) is 11.3 Å². The van der Waals surface area contributed by atoms with Crippen molar-refractivity contribution < 1.29 is 4.79 Å². The van der Waals surface area contributed by atoms with Crippen molar-refractivity contribution in [2.45, 2.75) is 38.5 Å². The third kappa shape index (κ3) is 4.04. The Bertz CT molecular complexity index is 376. The molecule has 17 heavy (non-hydrogen) atoms. The predicted molar refractivity (Wildman–Crippen MR) is 69.5 cm³/mol. The first-order valence-electron chi connectivity index (χ1n) is 6.03. The number of halogens is 1. The van der Waals surface area contributed by atoms with Crippen molar-refractivity contribution in [3.8, 4) is 0 Å². The Balaban J connectivity index is 2.57. The summed E-state index contributed by atoms with van der Waals surface area (Å²) >= 11 is 6.06. The fraction of sp³-hybridized carbons (Fsp3) is 0.667. The minimum Gasteiger partial charge on any atom is -0.350 e. The molecule has 0 aliphatic rings. The molecule has 1 rings (SSSR count). The monoisotopic (exact) mass is 257 g/mol. The van der Waals surface area contributed by atoms with Gasteiger partial charge in [-0.2, -0.15) is 5.10 Å². The third-order valence-corrected chi connectivity index (χ3v) is 2.94. The molecule has 0 aromatic carbocycles. The number of nitrogens with one attached hydrogen (secondary N) is 1. The second-order valence-corrected chi connectivity index (χ2v) is 4.73. The number of aryl methyl sites for hydroxylation is 2. The SMILES string of the molecule is CCCC(Cl)CNC(=O)c1cn(C)nc1CC. The molecule has 4 nitrogen and oxygen atoms in total. The Kier molecular flexibility index (Phi) is 5.48.